The van der Waals surface area contributed by atoms with Crippen molar-refractivity contribution >= 4 is 28.9 Å². The van der Waals surface area contributed by atoms with Crippen LogP contribution in [0.4, 0.5) is 5.69 Å². The molecule has 2 aliphatic rings. The van der Waals surface area contributed by atoms with Gasteiger partial charge >= 0.3 is 0 Å². The van der Waals surface area contributed by atoms with E-state index in [0.717, 1.165) is 22.0 Å². The zero-order valence-corrected chi connectivity index (χ0v) is 13.8. The number of anilines is 1. The van der Waals surface area contributed by atoms with Crippen LogP contribution < -0.4 is 5.32 Å². The number of nitrogens with one attached hydrogen (secondary N) is 1. The lowest BCUT2D eigenvalue weighted by Crippen LogP contribution is -2.29. The minimum atomic E-state index is 0.149. The molecule has 22 heavy (non-hydrogen) atoms. The minimum Gasteiger partial charge on any atom is -0.378 e. The number of halogens is 2. The van der Waals surface area contributed by atoms with E-state index in [0.29, 0.717) is 11.8 Å². The number of benzene rings is 2. The van der Waals surface area contributed by atoms with Gasteiger partial charge in [-0.1, -0.05) is 59.1 Å². The second-order valence-corrected chi connectivity index (χ2v) is 7.02. The van der Waals surface area contributed by atoms with E-state index in [1.807, 2.05) is 18.2 Å². The normalized spacial score (nSPS) is 25.5. The lowest BCUT2D eigenvalue weighted by Gasteiger charge is -2.38. The third-order valence-corrected chi connectivity index (χ3v) is 5.49. The van der Waals surface area contributed by atoms with Gasteiger partial charge in [-0.2, -0.15) is 0 Å². The maximum Gasteiger partial charge on any atom is 0.0583 e. The Bertz CT molecular complexity index is 746. The Morgan fingerprint density at radius 1 is 1.09 bits per heavy atom. The fraction of sp³-hybridized carbons (Fsp3) is 0.263. The van der Waals surface area contributed by atoms with Crippen molar-refractivity contribution in [3.8, 4) is 0 Å². The quantitative estimate of drug-likeness (QED) is 0.620. The Balaban J connectivity index is 1.85. The summed E-state index contributed by atoms with van der Waals surface area (Å²) in [6.45, 7) is 2.14. The van der Waals surface area contributed by atoms with Crippen LogP contribution in [0.5, 0.6) is 0 Å². The third-order valence-electron chi connectivity index (χ3n) is 4.83. The average molecular weight is 330 g/mol. The molecule has 3 atom stereocenters. The molecule has 0 bridgehead atoms. The molecular weight excluding hydrogens is 313 g/mol. The maximum atomic E-state index is 6.46. The van der Waals surface area contributed by atoms with Crippen molar-refractivity contribution in [2.45, 2.75) is 25.3 Å². The molecule has 1 aliphatic heterocycles. The number of rotatable bonds is 1. The van der Waals surface area contributed by atoms with Crippen LogP contribution in [-0.2, 0) is 0 Å². The molecule has 0 radical (unpaired) electrons. The zero-order chi connectivity index (χ0) is 15.3. The summed E-state index contributed by atoms with van der Waals surface area (Å²) < 4.78 is 0. The standard InChI is InChI=1S/C19H17Cl2N/c1-11-8-9-17-14(10-11)12-4-2-5-13(12)19(22-17)18-15(20)6-3-7-16(18)21/h2-4,6-10,12-13,19,22H,5H2,1H3. The number of allylic oxidation sites excluding steroid dienone is 2. The molecule has 2 aromatic rings. The molecule has 3 unspecified atom stereocenters. The van der Waals surface area contributed by atoms with Crippen LogP contribution in [0.2, 0.25) is 10.0 Å². The van der Waals surface area contributed by atoms with Gasteiger partial charge in [0.1, 0.15) is 0 Å². The fourth-order valence-electron chi connectivity index (χ4n) is 3.81. The summed E-state index contributed by atoms with van der Waals surface area (Å²) in [4.78, 5) is 0. The Kier molecular flexibility index (Phi) is 3.43. The van der Waals surface area contributed by atoms with Crippen LogP contribution in [0.1, 0.15) is 35.1 Å². The van der Waals surface area contributed by atoms with Gasteiger partial charge in [-0.3, -0.25) is 0 Å². The Hall–Kier alpha value is -1.44. The van der Waals surface area contributed by atoms with E-state index in [4.69, 9.17) is 23.2 Å². The molecule has 0 amide bonds. The molecule has 0 saturated heterocycles. The fourth-order valence-corrected chi connectivity index (χ4v) is 4.44. The number of hydrogen-bond acceptors (Lipinski definition) is 1. The summed E-state index contributed by atoms with van der Waals surface area (Å²) in [7, 11) is 0. The lowest BCUT2D eigenvalue weighted by atomic mass is 9.76. The highest BCUT2D eigenvalue weighted by Crippen LogP contribution is 2.51. The smallest absolute Gasteiger partial charge is 0.0583 e. The number of fused-ring (bicyclic) bond motifs is 3. The second kappa shape index (κ2) is 5.33. The van der Waals surface area contributed by atoms with Crippen LogP contribution in [0.3, 0.4) is 0 Å². The molecule has 2 aromatic carbocycles. The Morgan fingerprint density at radius 3 is 2.64 bits per heavy atom. The Morgan fingerprint density at radius 2 is 1.86 bits per heavy atom. The summed E-state index contributed by atoms with van der Waals surface area (Å²) in [6, 6.07) is 12.5. The highest BCUT2D eigenvalue weighted by atomic mass is 35.5. The first kappa shape index (κ1) is 14.2. The molecule has 0 aromatic heterocycles. The molecule has 1 N–H and O–H groups in total. The van der Waals surface area contributed by atoms with E-state index in [1.165, 1.54) is 16.8 Å². The van der Waals surface area contributed by atoms with E-state index in [-0.39, 0.29) is 6.04 Å². The summed E-state index contributed by atoms with van der Waals surface area (Å²) in [5.74, 6) is 0.903. The van der Waals surface area contributed by atoms with Crippen LogP contribution in [0, 0.1) is 12.8 Å². The van der Waals surface area contributed by atoms with Crippen molar-refractivity contribution in [1.82, 2.24) is 0 Å². The molecule has 4 rings (SSSR count). The zero-order valence-electron chi connectivity index (χ0n) is 12.3. The number of aryl methyl sites for hydroxylation is 1. The van der Waals surface area contributed by atoms with Gasteiger partial charge in [-0.25, -0.2) is 0 Å². The van der Waals surface area contributed by atoms with Gasteiger partial charge in [0.05, 0.1) is 6.04 Å². The SMILES string of the molecule is Cc1ccc2c(c1)C1C=CCC1C(c1c(Cl)cccc1Cl)N2. The van der Waals surface area contributed by atoms with Gasteiger partial charge in [0.25, 0.3) is 0 Å². The van der Waals surface area contributed by atoms with E-state index in [2.05, 4.69) is 42.6 Å². The first-order valence-electron chi connectivity index (χ1n) is 7.63. The molecule has 1 heterocycles. The molecule has 3 heteroatoms. The predicted octanol–water partition coefficient (Wildman–Crippen LogP) is 6.13. The maximum absolute atomic E-state index is 6.46. The van der Waals surface area contributed by atoms with Crippen molar-refractivity contribution in [3.05, 3.63) is 75.3 Å². The molecule has 0 spiro atoms. The predicted molar refractivity (Wildman–Crippen MR) is 94.0 cm³/mol. The van der Waals surface area contributed by atoms with E-state index in [9.17, 15) is 0 Å². The highest BCUT2D eigenvalue weighted by Gasteiger charge is 2.39. The average Bonchev–Trinajstić information content (AvgIpc) is 2.97. The van der Waals surface area contributed by atoms with Gasteiger partial charge in [0.15, 0.2) is 0 Å². The number of hydrogen-bond donors (Lipinski definition) is 1. The summed E-state index contributed by atoms with van der Waals surface area (Å²) in [5.41, 5.74) is 4.90. The molecule has 0 saturated carbocycles. The minimum absolute atomic E-state index is 0.149. The monoisotopic (exact) mass is 329 g/mol. The van der Waals surface area contributed by atoms with Gasteiger partial charge < -0.3 is 5.32 Å². The summed E-state index contributed by atoms with van der Waals surface area (Å²) in [5, 5.41) is 5.17. The van der Waals surface area contributed by atoms with E-state index >= 15 is 0 Å². The first-order valence-corrected chi connectivity index (χ1v) is 8.38. The van der Waals surface area contributed by atoms with Crippen molar-refractivity contribution in [2.24, 2.45) is 5.92 Å². The van der Waals surface area contributed by atoms with Crippen molar-refractivity contribution < 1.29 is 0 Å². The third kappa shape index (κ3) is 2.15. The summed E-state index contributed by atoms with van der Waals surface area (Å²) in [6.07, 6.45) is 5.67. The first-order chi connectivity index (χ1) is 10.6. The molecule has 0 fully saturated rings. The highest BCUT2D eigenvalue weighted by molar-refractivity contribution is 6.36. The van der Waals surface area contributed by atoms with E-state index < -0.39 is 0 Å². The topological polar surface area (TPSA) is 12.0 Å². The van der Waals surface area contributed by atoms with Gasteiger partial charge in [0.2, 0.25) is 0 Å². The molecule has 1 aliphatic carbocycles. The van der Waals surface area contributed by atoms with Crippen LogP contribution >= 0.6 is 23.2 Å². The Labute approximate surface area is 140 Å². The van der Waals surface area contributed by atoms with Crippen LogP contribution in [0.25, 0.3) is 0 Å². The van der Waals surface area contributed by atoms with Gasteiger partial charge in [-0.15, -0.1) is 0 Å². The molecule has 1 nitrogen and oxygen atoms in total. The van der Waals surface area contributed by atoms with Crippen molar-refractivity contribution in [3.63, 3.8) is 0 Å². The van der Waals surface area contributed by atoms with E-state index in [1.54, 1.807) is 0 Å². The van der Waals surface area contributed by atoms with Crippen LogP contribution in [-0.4, -0.2) is 0 Å². The molecular formula is C19H17Cl2N. The largest absolute Gasteiger partial charge is 0.378 e. The van der Waals surface area contributed by atoms with Gasteiger partial charge in [-0.05, 0) is 43.0 Å². The second-order valence-electron chi connectivity index (χ2n) is 6.20. The lowest BCUT2D eigenvalue weighted by molar-refractivity contribution is 0.425. The summed E-state index contributed by atoms with van der Waals surface area (Å²) >= 11 is 12.9. The molecule has 112 valence electrons. The van der Waals surface area contributed by atoms with Crippen molar-refractivity contribution in [2.75, 3.05) is 5.32 Å². The van der Waals surface area contributed by atoms with Crippen LogP contribution in [0.15, 0.2) is 48.6 Å². The van der Waals surface area contributed by atoms with Crippen molar-refractivity contribution in [1.29, 1.82) is 0 Å². The van der Waals surface area contributed by atoms with Gasteiger partial charge in [0, 0.05) is 27.2 Å².